The Morgan fingerprint density at radius 1 is 1.25 bits per heavy atom. The van der Waals surface area contributed by atoms with Crippen LogP contribution in [0.5, 0.6) is 0 Å². The third-order valence-electron chi connectivity index (χ3n) is 3.34. The standard InChI is InChI=1S/C16H15N3O/c1-11-4-2-3-5-12(11)8-16(20)18-14-7-6-13-10-17-19-15(13)9-14/h2-7,9-10H,8H2,1H3,(H,17,19)(H,18,20). The zero-order valence-corrected chi connectivity index (χ0v) is 11.2. The number of fused-ring (bicyclic) bond motifs is 1. The summed E-state index contributed by atoms with van der Waals surface area (Å²) in [6.45, 7) is 2.01. The molecule has 0 atom stereocenters. The van der Waals surface area contributed by atoms with Gasteiger partial charge in [0.2, 0.25) is 5.91 Å². The Bertz CT molecular complexity index is 761. The van der Waals surface area contributed by atoms with E-state index in [1.807, 2.05) is 49.4 Å². The lowest BCUT2D eigenvalue weighted by molar-refractivity contribution is -0.115. The lowest BCUT2D eigenvalue weighted by Gasteiger charge is -2.07. The number of carbonyl (C=O) groups is 1. The molecule has 0 bridgehead atoms. The third kappa shape index (κ3) is 2.54. The van der Waals surface area contributed by atoms with E-state index in [0.717, 1.165) is 27.7 Å². The summed E-state index contributed by atoms with van der Waals surface area (Å²) < 4.78 is 0. The monoisotopic (exact) mass is 265 g/mol. The van der Waals surface area contributed by atoms with Crippen molar-refractivity contribution in [3.63, 3.8) is 0 Å². The molecule has 2 N–H and O–H groups in total. The SMILES string of the molecule is Cc1ccccc1CC(=O)Nc1ccc2cn[nH]c2c1. The molecule has 1 aromatic heterocycles. The van der Waals surface area contributed by atoms with Gasteiger partial charge in [0.1, 0.15) is 0 Å². The van der Waals surface area contributed by atoms with Gasteiger partial charge in [0.05, 0.1) is 18.1 Å². The van der Waals surface area contributed by atoms with Gasteiger partial charge in [0.25, 0.3) is 0 Å². The van der Waals surface area contributed by atoms with Gasteiger partial charge < -0.3 is 5.32 Å². The zero-order valence-electron chi connectivity index (χ0n) is 11.2. The van der Waals surface area contributed by atoms with Crippen molar-refractivity contribution in [1.29, 1.82) is 0 Å². The fourth-order valence-corrected chi connectivity index (χ4v) is 2.20. The van der Waals surface area contributed by atoms with Crippen LogP contribution in [-0.4, -0.2) is 16.1 Å². The van der Waals surface area contributed by atoms with Gasteiger partial charge in [-0.05, 0) is 36.2 Å². The molecule has 3 rings (SSSR count). The molecule has 0 unspecified atom stereocenters. The summed E-state index contributed by atoms with van der Waals surface area (Å²) in [5.41, 5.74) is 3.87. The number of H-pyrrole nitrogens is 1. The van der Waals surface area contributed by atoms with Crippen molar-refractivity contribution in [3.05, 3.63) is 59.8 Å². The normalized spacial score (nSPS) is 10.7. The molecule has 0 saturated carbocycles. The van der Waals surface area contributed by atoms with E-state index in [4.69, 9.17) is 0 Å². The van der Waals surface area contributed by atoms with Gasteiger partial charge in [-0.2, -0.15) is 5.10 Å². The van der Waals surface area contributed by atoms with Crippen molar-refractivity contribution in [3.8, 4) is 0 Å². The maximum atomic E-state index is 12.1. The number of aryl methyl sites for hydroxylation is 1. The number of hydrogen-bond donors (Lipinski definition) is 2. The quantitative estimate of drug-likeness (QED) is 0.764. The van der Waals surface area contributed by atoms with Gasteiger partial charge in [0.15, 0.2) is 0 Å². The molecule has 1 amide bonds. The smallest absolute Gasteiger partial charge is 0.228 e. The van der Waals surface area contributed by atoms with Crippen LogP contribution >= 0.6 is 0 Å². The van der Waals surface area contributed by atoms with Gasteiger partial charge in [0, 0.05) is 11.1 Å². The number of aromatic amines is 1. The minimum absolute atomic E-state index is 0.0156. The van der Waals surface area contributed by atoms with Crippen molar-refractivity contribution in [2.45, 2.75) is 13.3 Å². The number of rotatable bonds is 3. The molecule has 0 aliphatic carbocycles. The number of nitrogens with zero attached hydrogens (tertiary/aromatic N) is 1. The first-order chi connectivity index (χ1) is 9.72. The summed E-state index contributed by atoms with van der Waals surface area (Å²) >= 11 is 0. The average molecular weight is 265 g/mol. The van der Waals surface area contributed by atoms with Crippen molar-refractivity contribution >= 4 is 22.5 Å². The molecule has 0 spiro atoms. The lowest BCUT2D eigenvalue weighted by Crippen LogP contribution is -2.14. The van der Waals surface area contributed by atoms with Crippen LogP contribution in [0.4, 0.5) is 5.69 Å². The predicted molar refractivity (Wildman–Crippen MR) is 79.6 cm³/mol. The second kappa shape index (κ2) is 5.17. The Morgan fingerprint density at radius 2 is 2.10 bits per heavy atom. The van der Waals surface area contributed by atoms with Crippen LogP contribution in [0.1, 0.15) is 11.1 Å². The fraction of sp³-hybridized carbons (Fsp3) is 0.125. The molecule has 4 nitrogen and oxygen atoms in total. The molecule has 0 saturated heterocycles. The predicted octanol–water partition coefficient (Wildman–Crippen LogP) is 3.05. The number of aromatic nitrogens is 2. The van der Waals surface area contributed by atoms with E-state index in [0.29, 0.717) is 6.42 Å². The highest BCUT2D eigenvalue weighted by molar-refractivity contribution is 5.94. The second-order valence-corrected chi connectivity index (χ2v) is 4.82. The van der Waals surface area contributed by atoms with Crippen molar-refractivity contribution in [2.24, 2.45) is 0 Å². The molecule has 4 heteroatoms. The van der Waals surface area contributed by atoms with E-state index in [2.05, 4.69) is 15.5 Å². The molecule has 20 heavy (non-hydrogen) atoms. The van der Waals surface area contributed by atoms with Crippen molar-refractivity contribution in [2.75, 3.05) is 5.32 Å². The van der Waals surface area contributed by atoms with Crippen molar-refractivity contribution < 1.29 is 4.79 Å². The molecule has 1 heterocycles. The van der Waals surface area contributed by atoms with Crippen molar-refractivity contribution in [1.82, 2.24) is 10.2 Å². The molecular formula is C16H15N3O. The van der Waals surface area contributed by atoms with Crippen LogP contribution in [0.15, 0.2) is 48.7 Å². The fourth-order valence-electron chi connectivity index (χ4n) is 2.20. The molecule has 0 aliphatic heterocycles. The number of amides is 1. The van der Waals surface area contributed by atoms with Gasteiger partial charge in [-0.1, -0.05) is 24.3 Å². The highest BCUT2D eigenvalue weighted by atomic mass is 16.1. The summed E-state index contributed by atoms with van der Waals surface area (Å²) in [4.78, 5) is 12.1. The highest BCUT2D eigenvalue weighted by Crippen LogP contribution is 2.17. The Balaban J connectivity index is 1.74. The number of benzene rings is 2. The van der Waals surface area contributed by atoms with E-state index < -0.39 is 0 Å². The topological polar surface area (TPSA) is 57.8 Å². The van der Waals surface area contributed by atoms with Crippen LogP contribution < -0.4 is 5.32 Å². The highest BCUT2D eigenvalue weighted by Gasteiger charge is 2.06. The van der Waals surface area contributed by atoms with E-state index in [1.165, 1.54) is 0 Å². The first kappa shape index (κ1) is 12.4. The summed E-state index contributed by atoms with van der Waals surface area (Å²) in [5, 5.41) is 10.8. The Labute approximate surface area is 116 Å². The summed E-state index contributed by atoms with van der Waals surface area (Å²) in [5.74, 6) is -0.0156. The Morgan fingerprint density at radius 3 is 2.95 bits per heavy atom. The molecule has 0 fully saturated rings. The van der Waals surface area contributed by atoms with Crippen LogP contribution in [-0.2, 0) is 11.2 Å². The van der Waals surface area contributed by atoms with E-state index in [1.54, 1.807) is 6.20 Å². The van der Waals surface area contributed by atoms with Gasteiger partial charge in [-0.25, -0.2) is 0 Å². The third-order valence-corrected chi connectivity index (χ3v) is 3.34. The molecule has 100 valence electrons. The Hall–Kier alpha value is -2.62. The maximum Gasteiger partial charge on any atom is 0.228 e. The van der Waals surface area contributed by atoms with Crippen LogP contribution in [0, 0.1) is 6.92 Å². The van der Waals surface area contributed by atoms with E-state index in [9.17, 15) is 4.79 Å². The summed E-state index contributed by atoms with van der Waals surface area (Å²) in [7, 11) is 0. The van der Waals surface area contributed by atoms with Crippen LogP contribution in [0.25, 0.3) is 10.9 Å². The number of hydrogen-bond acceptors (Lipinski definition) is 2. The van der Waals surface area contributed by atoms with E-state index >= 15 is 0 Å². The minimum atomic E-state index is -0.0156. The zero-order chi connectivity index (χ0) is 13.9. The van der Waals surface area contributed by atoms with Crippen LogP contribution in [0.2, 0.25) is 0 Å². The number of nitrogens with one attached hydrogen (secondary N) is 2. The number of carbonyl (C=O) groups excluding carboxylic acids is 1. The van der Waals surface area contributed by atoms with Gasteiger partial charge in [-0.15, -0.1) is 0 Å². The summed E-state index contributed by atoms with van der Waals surface area (Å²) in [6, 6.07) is 13.6. The maximum absolute atomic E-state index is 12.1. The molecule has 0 aliphatic rings. The number of anilines is 1. The summed E-state index contributed by atoms with van der Waals surface area (Å²) in [6.07, 6.45) is 2.14. The molecular weight excluding hydrogens is 250 g/mol. The first-order valence-corrected chi connectivity index (χ1v) is 6.50. The second-order valence-electron chi connectivity index (χ2n) is 4.82. The Kier molecular flexibility index (Phi) is 3.21. The first-order valence-electron chi connectivity index (χ1n) is 6.50. The largest absolute Gasteiger partial charge is 0.326 e. The van der Waals surface area contributed by atoms with Gasteiger partial charge >= 0.3 is 0 Å². The van der Waals surface area contributed by atoms with E-state index in [-0.39, 0.29) is 5.91 Å². The minimum Gasteiger partial charge on any atom is -0.326 e. The molecule has 3 aromatic rings. The van der Waals surface area contributed by atoms with Gasteiger partial charge in [-0.3, -0.25) is 9.89 Å². The molecule has 2 aromatic carbocycles. The molecule has 0 radical (unpaired) electrons. The lowest BCUT2D eigenvalue weighted by atomic mass is 10.1. The average Bonchev–Trinajstić information content (AvgIpc) is 2.89. The van der Waals surface area contributed by atoms with Crippen LogP contribution in [0.3, 0.4) is 0 Å².